The highest BCUT2D eigenvalue weighted by molar-refractivity contribution is 8.08. The zero-order valence-corrected chi connectivity index (χ0v) is 10.3. The van der Waals surface area contributed by atoms with Gasteiger partial charge in [0.1, 0.15) is 10.0 Å². The van der Waals surface area contributed by atoms with Crippen LogP contribution >= 0.6 is 10.7 Å². The molecule has 0 bridgehead atoms. The fourth-order valence-electron chi connectivity index (χ4n) is 1.40. The lowest BCUT2D eigenvalue weighted by atomic mass is 10.1. The van der Waals surface area contributed by atoms with E-state index in [1.54, 1.807) is 0 Å². The zero-order valence-electron chi connectivity index (χ0n) is 8.72. The van der Waals surface area contributed by atoms with Gasteiger partial charge in [-0.15, -0.1) is 0 Å². The van der Waals surface area contributed by atoms with E-state index in [9.17, 15) is 4.21 Å². The van der Waals surface area contributed by atoms with E-state index < -0.39 is 10.0 Å². The summed E-state index contributed by atoms with van der Waals surface area (Å²) >= 11 is 0. The van der Waals surface area contributed by atoms with Crippen LogP contribution in [0.25, 0.3) is 0 Å². The lowest BCUT2D eigenvalue weighted by Gasteiger charge is -2.09. The van der Waals surface area contributed by atoms with E-state index in [1.807, 2.05) is 0 Å². The Morgan fingerprint density at radius 2 is 1.77 bits per heavy atom. The summed E-state index contributed by atoms with van der Waals surface area (Å²) in [5.41, 5.74) is 0. The summed E-state index contributed by atoms with van der Waals surface area (Å²) in [6.45, 7) is 4.26. The summed E-state index contributed by atoms with van der Waals surface area (Å²) in [6, 6.07) is 0. The Kier molecular flexibility index (Phi) is 9.32. The van der Waals surface area contributed by atoms with Gasteiger partial charge in [0.25, 0.3) is 0 Å². The molecular weight excluding hydrogens is 204 g/mol. The molecule has 0 radical (unpaired) electrons. The van der Waals surface area contributed by atoms with Gasteiger partial charge in [0.2, 0.25) is 0 Å². The van der Waals surface area contributed by atoms with Crippen LogP contribution in [0.2, 0.25) is 0 Å². The molecular formula is C10H21ClOS. The smallest absolute Gasteiger partial charge is 0.118 e. The molecule has 3 heteroatoms. The van der Waals surface area contributed by atoms with E-state index in [1.165, 1.54) is 32.1 Å². The number of unbranched alkanes of at least 4 members (excludes halogenated alkanes) is 4. The van der Waals surface area contributed by atoms with Crippen molar-refractivity contribution >= 4 is 20.7 Å². The third kappa shape index (κ3) is 7.51. The Bertz CT molecular complexity index is 139. The average Bonchev–Trinajstić information content (AvgIpc) is 2.10. The van der Waals surface area contributed by atoms with Gasteiger partial charge in [-0.25, -0.2) is 4.21 Å². The molecule has 0 aliphatic carbocycles. The first kappa shape index (κ1) is 13.4. The number of hydrogen-bond acceptors (Lipinski definition) is 1. The molecule has 2 atom stereocenters. The highest BCUT2D eigenvalue weighted by Crippen LogP contribution is 2.15. The standard InChI is InChI=1S/C10H21ClOS/c1-3-5-6-7-8-9-10(4-2)13(11)12/h10H,3-9H2,1-2H3. The summed E-state index contributed by atoms with van der Waals surface area (Å²) < 4.78 is 11.0. The van der Waals surface area contributed by atoms with Crippen LogP contribution in [0.5, 0.6) is 0 Å². The van der Waals surface area contributed by atoms with Gasteiger partial charge < -0.3 is 0 Å². The minimum Gasteiger partial charge on any atom is -0.242 e. The summed E-state index contributed by atoms with van der Waals surface area (Å²) in [6.07, 6.45) is 8.30. The molecule has 0 N–H and O–H groups in total. The lowest BCUT2D eigenvalue weighted by Crippen LogP contribution is -2.08. The molecule has 0 heterocycles. The van der Waals surface area contributed by atoms with Crippen molar-refractivity contribution in [2.24, 2.45) is 0 Å². The SMILES string of the molecule is CCCCCCCC(CC)S(=O)Cl. The van der Waals surface area contributed by atoms with Crippen LogP contribution in [0.3, 0.4) is 0 Å². The molecule has 0 aromatic carbocycles. The highest BCUT2D eigenvalue weighted by Gasteiger charge is 2.11. The molecule has 0 aliphatic heterocycles. The van der Waals surface area contributed by atoms with Crippen LogP contribution < -0.4 is 0 Å². The van der Waals surface area contributed by atoms with Gasteiger partial charge in [0.05, 0.1) is 0 Å². The molecule has 0 fully saturated rings. The summed E-state index contributed by atoms with van der Waals surface area (Å²) in [7, 11) is 4.42. The van der Waals surface area contributed by atoms with Gasteiger partial charge in [-0.3, -0.25) is 0 Å². The van der Waals surface area contributed by atoms with Gasteiger partial charge in [-0.05, 0) is 23.5 Å². The van der Waals surface area contributed by atoms with Crippen molar-refractivity contribution in [2.45, 2.75) is 64.0 Å². The predicted molar refractivity (Wildman–Crippen MR) is 61.5 cm³/mol. The van der Waals surface area contributed by atoms with E-state index >= 15 is 0 Å². The third-order valence-corrected chi connectivity index (χ3v) is 4.20. The average molecular weight is 225 g/mol. The fraction of sp³-hybridized carbons (Fsp3) is 1.00. The molecule has 80 valence electrons. The quantitative estimate of drug-likeness (QED) is 0.450. The van der Waals surface area contributed by atoms with E-state index in [0.717, 1.165) is 12.8 Å². The first-order valence-electron chi connectivity index (χ1n) is 5.29. The van der Waals surface area contributed by atoms with Crippen molar-refractivity contribution in [3.05, 3.63) is 0 Å². The van der Waals surface area contributed by atoms with Gasteiger partial charge >= 0.3 is 0 Å². The molecule has 2 unspecified atom stereocenters. The van der Waals surface area contributed by atoms with E-state index in [4.69, 9.17) is 10.7 Å². The molecule has 1 nitrogen and oxygen atoms in total. The number of halogens is 1. The molecule has 0 aliphatic rings. The van der Waals surface area contributed by atoms with Crippen LogP contribution in [-0.2, 0) is 10.0 Å². The number of rotatable bonds is 8. The second kappa shape index (κ2) is 9.01. The Morgan fingerprint density at radius 1 is 1.15 bits per heavy atom. The number of hydrogen-bond donors (Lipinski definition) is 0. The Morgan fingerprint density at radius 3 is 2.23 bits per heavy atom. The van der Waals surface area contributed by atoms with Gasteiger partial charge in [-0.1, -0.05) is 46.0 Å². The van der Waals surface area contributed by atoms with Gasteiger partial charge in [0.15, 0.2) is 0 Å². The first-order chi connectivity index (χ1) is 6.22. The van der Waals surface area contributed by atoms with Gasteiger partial charge in [0, 0.05) is 5.25 Å². The Hall–Kier alpha value is 0.440. The van der Waals surface area contributed by atoms with E-state index in [-0.39, 0.29) is 5.25 Å². The fourth-order valence-corrected chi connectivity index (χ4v) is 2.66. The minimum absolute atomic E-state index is 0.211. The minimum atomic E-state index is -1.14. The van der Waals surface area contributed by atoms with Crippen molar-refractivity contribution in [3.63, 3.8) is 0 Å². The zero-order chi connectivity index (χ0) is 10.1. The first-order valence-corrected chi connectivity index (χ1v) is 7.33. The van der Waals surface area contributed by atoms with Crippen molar-refractivity contribution in [3.8, 4) is 0 Å². The monoisotopic (exact) mass is 224 g/mol. The summed E-state index contributed by atoms with van der Waals surface area (Å²) in [4.78, 5) is 0. The second-order valence-electron chi connectivity index (χ2n) is 3.48. The Balaban J connectivity index is 3.33. The second-order valence-corrected chi connectivity index (χ2v) is 5.56. The topological polar surface area (TPSA) is 17.1 Å². The molecule has 0 saturated carbocycles. The molecule has 0 aromatic heterocycles. The van der Waals surface area contributed by atoms with E-state index in [2.05, 4.69) is 13.8 Å². The summed E-state index contributed by atoms with van der Waals surface area (Å²) in [5, 5.41) is 0.211. The third-order valence-electron chi connectivity index (χ3n) is 2.35. The van der Waals surface area contributed by atoms with Crippen LogP contribution in [0.1, 0.15) is 58.8 Å². The van der Waals surface area contributed by atoms with Crippen molar-refractivity contribution in [1.82, 2.24) is 0 Å². The molecule has 13 heavy (non-hydrogen) atoms. The maximum Gasteiger partial charge on any atom is 0.118 e. The molecule has 0 saturated heterocycles. The lowest BCUT2D eigenvalue weighted by molar-refractivity contribution is 0.583. The largest absolute Gasteiger partial charge is 0.242 e. The van der Waals surface area contributed by atoms with Crippen LogP contribution in [0, 0.1) is 0 Å². The highest BCUT2D eigenvalue weighted by atomic mass is 35.7. The maximum absolute atomic E-state index is 11.0. The Labute approximate surface area is 89.2 Å². The van der Waals surface area contributed by atoms with Gasteiger partial charge in [-0.2, -0.15) is 0 Å². The molecule has 0 spiro atoms. The van der Waals surface area contributed by atoms with E-state index in [0.29, 0.717) is 0 Å². The van der Waals surface area contributed by atoms with Crippen molar-refractivity contribution in [2.75, 3.05) is 0 Å². The molecule has 0 rings (SSSR count). The molecule has 0 amide bonds. The van der Waals surface area contributed by atoms with Crippen LogP contribution in [-0.4, -0.2) is 9.46 Å². The van der Waals surface area contributed by atoms with Crippen molar-refractivity contribution < 1.29 is 4.21 Å². The summed E-state index contributed by atoms with van der Waals surface area (Å²) in [5.74, 6) is 0. The predicted octanol–water partition coefficient (Wildman–Crippen LogP) is 4.03. The van der Waals surface area contributed by atoms with Crippen LogP contribution in [0.15, 0.2) is 0 Å². The van der Waals surface area contributed by atoms with Crippen LogP contribution in [0.4, 0.5) is 0 Å². The van der Waals surface area contributed by atoms with Crippen molar-refractivity contribution in [1.29, 1.82) is 0 Å². The maximum atomic E-state index is 11.0. The molecule has 0 aromatic rings. The normalized spacial score (nSPS) is 15.6.